The number of hydrogen-bond acceptors (Lipinski definition) is 2. The van der Waals surface area contributed by atoms with Gasteiger partial charge in [0.25, 0.3) is 0 Å². The SMILES string of the molecule is [2H]c1cc(C(C)(C)C)c(C)c(N=C=O)c1C. The molecule has 1 aromatic carbocycles. The maximum Gasteiger partial charge on any atom is 0.240 e. The van der Waals surface area contributed by atoms with Gasteiger partial charge in [-0.1, -0.05) is 32.9 Å². The Morgan fingerprint density at radius 2 is 2.00 bits per heavy atom. The fourth-order valence-corrected chi connectivity index (χ4v) is 1.76. The molecule has 0 radical (unpaired) electrons. The Morgan fingerprint density at radius 1 is 1.40 bits per heavy atom. The molecule has 0 fully saturated rings. The number of aliphatic imine (C=N–C) groups is 1. The summed E-state index contributed by atoms with van der Waals surface area (Å²) < 4.78 is 7.87. The summed E-state index contributed by atoms with van der Waals surface area (Å²) in [6.45, 7) is 9.98. The van der Waals surface area contributed by atoms with Gasteiger partial charge in [0.15, 0.2) is 0 Å². The van der Waals surface area contributed by atoms with E-state index >= 15 is 0 Å². The Kier molecular flexibility index (Phi) is 2.70. The molecule has 0 spiro atoms. The van der Waals surface area contributed by atoms with Crippen molar-refractivity contribution in [1.29, 1.82) is 0 Å². The standard InChI is InChI=1S/C13H17NO/c1-9-6-7-11(13(3,4)5)10(2)12(9)14-8-15/h6-7H,1-5H3/i6D. The van der Waals surface area contributed by atoms with Gasteiger partial charge in [0, 0.05) is 0 Å². The molecule has 0 saturated carbocycles. The molecule has 0 N–H and O–H groups in total. The Labute approximate surface area is 92.4 Å². The molecule has 0 bridgehead atoms. The Bertz CT molecular complexity index is 466. The second kappa shape index (κ2) is 4.00. The molecule has 1 aromatic rings. The molecule has 0 unspecified atom stereocenters. The fraction of sp³-hybridized carbons (Fsp3) is 0.462. The minimum absolute atomic E-state index is 0.0548. The van der Waals surface area contributed by atoms with E-state index in [0.29, 0.717) is 11.7 Å². The molecule has 0 aliphatic heterocycles. The molecular weight excluding hydrogens is 186 g/mol. The average molecular weight is 204 g/mol. The van der Waals surface area contributed by atoms with Crippen LogP contribution in [0, 0.1) is 13.8 Å². The first kappa shape index (κ1) is 10.1. The summed E-state index contributed by atoms with van der Waals surface area (Å²) >= 11 is 0. The van der Waals surface area contributed by atoms with Crippen LogP contribution in [-0.4, -0.2) is 6.08 Å². The zero-order chi connectivity index (χ0) is 12.5. The van der Waals surface area contributed by atoms with Gasteiger partial charge in [0.1, 0.15) is 0 Å². The molecule has 0 saturated heterocycles. The average Bonchev–Trinajstić information content (AvgIpc) is 2.16. The van der Waals surface area contributed by atoms with Crippen molar-refractivity contribution in [3.63, 3.8) is 0 Å². The third kappa shape index (κ3) is 2.34. The van der Waals surface area contributed by atoms with Crippen LogP contribution in [0.4, 0.5) is 5.69 Å². The zero-order valence-electron chi connectivity index (χ0n) is 10.9. The molecule has 0 atom stereocenters. The minimum atomic E-state index is -0.0548. The van der Waals surface area contributed by atoms with E-state index in [1.807, 2.05) is 13.0 Å². The van der Waals surface area contributed by atoms with E-state index < -0.39 is 0 Å². The second-order valence-corrected chi connectivity index (χ2v) is 4.75. The van der Waals surface area contributed by atoms with Gasteiger partial charge in [-0.3, -0.25) is 0 Å². The van der Waals surface area contributed by atoms with E-state index in [1.54, 1.807) is 13.0 Å². The lowest BCUT2D eigenvalue weighted by Gasteiger charge is -2.23. The number of nitrogens with zero attached hydrogens (tertiary/aromatic N) is 1. The quantitative estimate of drug-likeness (QED) is 0.508. The van der Waals surface area contributed by atoms with Crippen LogP contribution in [-0.2, 0) is 10.2 Å². The van der Waals surface area contributed by atoms with Crippen molar-refractivity contribution in [2.45, 2.75) is 40.0 Å². The van der Waals surface area contributed by atoms with Gasteiger partial charge >= 0.3 is 0 Å². The highest BCUT2D eigenvalue weighted by atomic mass is 16.1. The maximum absolute atomic E-state index is 10.4. The highest BCUT2D eigenvalue weighted by molar-refractivity contribution is 5.61. The zero-order valence-corrected chi connectivity index (χ0v) is 9.93. The smallest absolute Gasteiger partial charge is 0.211 e. The Balaban J connectivity index is 3.63. The lowest BCUT2D eigenvalue weighted by Crippen LogP contribution is -2.13. The predicted octanol–water partition coefficient (Wildman–Crippen LogP) is 3.57. The fourth-order valence-electron chi connectivity index (χ4n) is 1.76. The first-order chi connectivity index (χ1) is 7.29. The van der Waals surface area contributed by atoms with E-state index in [9.17, 15) is 4.79 Å². The van der Waals surface area contributed by atoms with Gasteiger partial charge in [-0.05, 0) is 36.0 Å². The van der Waals surface area contributed by atoms with Gasteiger partial charge in [0.2, 0.25) is 6.08 Å². The Hall–Kier alpha value is -1.40. The van der Waals surface area contributed by atoms with Crippen LogP contribution in [0.15, 0.2) is 17.1 Å². The molecule has 0 aliphatic carbocycles. The first-order valence-corrected chi connectivity index (χ1v) is 4.98. The van der Waals surface area contributed by atoms with Crippen LogP contribution in [0.25, 0.3) is 0 Å². The van der Waals surface area contributed by atoms with Gasteiger partial charge in [-0.25, -0.2) is 4.79 Å². The van der Waals surface area contributed by atoms with Gasteiger partial charge in [0.05, 0.1) is 7.06 Å². The summed E-state index contributed by atoms with van der Waals surface area (Å²) in [7, 11) is 0. The first-order valence-electron chi connectivity index (χ1n) is 5.48. The van der Waals surface area contributed by atoms with Crippen molar-refractivity contribution in [2.75, 3.05) is 0 Å². The molecule has 0 aromatic heterocycles. The predicted molar refractivity (Wildman–Crippen MR) is 62.4 cm³/mol. The number of isocyanates is 1. The lowest BCUT2D eigenvalue weighted by molar-refractivity contribution is 0.565. The van der Waals surface area contributed by atoms with Crippen molar-refractivity contribution in [1.82, 2.24) is 0 Å². The van der Waals surface area contributed by atoms with Crippen LogP contribution < -0.4 is 0 Å². The highest BCUT2D eigenvalue weighted by Gasteiger charge is 2.18. The van der Waals surface area contributed by atoms with Crippen LogP contribution in [0.2, 0.25) is 0 Å². The summed E-state index contributed by atoms with van der Waals surface area (Å²) in [5.41, 5.74) is 3.28. The summed E-state index contributed by atoms with van der Waals surface area (Å²) in [4.78, 5) is 14.1. The van der Waals surface area contributed by atoms with Crippen molar-refractivity contribution < 1.29 is 6.17 Å². The van der Waals surface area contributed by atoms with Gasteiger partial charge in [-0.15, -0.1) is 0 Å². The summed E-state index contributed by atoms with van der Waals surface area (Å²) in [6.07, 6.45) is 1.56. The van der Waals surface area contributed by atoms with E-state index in [-0.39, 0.29) is 5.41 Å². The molecule has 2 nitrogen and oxygen atoms in total. The second-order valence-electron chi connectivity index (χ2n) is 4.75. The molecule has 0 amide bonds. The molecule has 1 rings (SSSR count). The molecule has 80 valence electrons. The Morgan fingerprint density at radius 3 is 2.47 bits per heavy atom. The van der Waals surface area contributed by atoms with Crippen LogP contribution in [0.3, 0.4) is 0 Å². The summed E-state index contributed by atoms with van der Waals surface area (Å²) in [5, 5.41) is 0. The third-order valence-electron chi connectivity index (χ3n) is 2.51. The molecule has 0 heterocycles. The molecule has 0 aliphatic rings. The minimum Gasteiger partial charge on any atom is -0.211 e. The number of benzene rings is 1. The van der Waals surface area contributed by atoms with E-state index in [4.69, 9.17) is 1.37 Å². The largest absolute Gasteiger partial charge is 0.240 e. The van der Waals surface area contributed by atoms with Gasteiger partial charge in [-0.2, -0.15) is 4.99 Å². The lowest BCUT2D eigenvalue weighted by atomic mass is 9.83. The van der Waals surface area contributed by atoms with Crippen molar-refractivity contribution in [3.8, 4) is 0 Å². The number of carbonyl (C=O) groups excluding carboxylic acids is 1. The van der Waals surface area contributed by atoms with Crippen LogP contribution in [0.1, 0.15) is 38.8 Å². The topological polar surface area (TPSA) is 29.4 Å². The van der Waals surface area contributed by atoms with Crippen molar-refractivity contribution in [3.05, 3.63) is 28.8 Å². The number of hydrogen-bond donors (Lipinski definition) is 0. The normalized spacial score (nSPS) is 11.9. The summed E-state index contributed by atoms with van der Waals surface area (Å²) in [6, 6.07) is 2.28. The monoisotopic (exact) mass is 204 g/mol. The number of rotatable bonds is 1. The van der Waals surface area contributed by atoms with Crippen molar-refractivity contribution in [2.24, 2.45) is 4.99 Å². The molecular formula is C13H17NO. The van der Waals surface area contributed by atoms with Gasteiger partial charge < -0.3 is 0 Å². The van der Waals surface area contributed by atoms with Crippen LogP contribution >= 0.6 is 0 Å². The van der Waals surface area contributed by atoms with Crippen molar-refractivity contribution >= 4 is 11.8 Å². The maximum atomic E-state index is 10.4. The van der Waals surface area contributed by atoms with Crippen LogP contribution in [0.5, 0.6) is 0 Å². The van der Waals surface area contributed by atoms with E-state index in [0.717, 1.165) is 16.7 Å². The molecule has 15 heavy (non-hydrogen) atoms. The molecule has 2 heteroatoms. The third-order valence-corrected chi connectivity index (χ3v) is 2.51. The van der Waals surface area contributed by atoms with E-state index in [1.165, 1.54) is 0 Å². The summed E-state index contributed by atoms with van der Waals surface area (Å²) in [5.74, 6) is 0. The highest BCUT2D eigenvalue weighted by Crippen LogP contribution is 2.33. The van der Waals surface area contributed by atoms with E-state index in [2.05, 4.69) is 25.8 Å².